The summed E-state index contributed by atoms with van der Waals surface area (Å²) in [5.41, 5.74) is -0.0408. The number of aromatic nitrogens is 4. The fourth-order valence-electron chi connectivity index (χ4n) is 2.05. The van der Waals surface area contributed by atoms with Gasteiger partial charge in [0.2, 0.25) is 0 Å². The van der Waals surface area contributed by atoms with E-state index in [4.69, 9.17) is 0 Å². The van der Waals surface area contributed by atoms with Crippen molar-refractivity contribution in [1.82, 2.24) is 25.1 Å². The lowest BCUT2D eigenvalue weighted by atomic mass is 9.84. The number of carboxylic acid groups (broad SMARTS) is 1. The number of carbonyl (C=O) groups is 1. The third-order valence-corrected chi connectivity index (χ3v) is 2.99. The molecule has 0 aliphatic carbocycles. The molecule has 0 saturated carbocycles. The molecule has 114 valence electrons. The van der Waals surface area contributed by atoms with Gasteiger partial charge in [0.1, 0.15) is 0 Å². The van der Waals surface area contributed by atoms with Gasteiger partial charge in [-0.2, -0.15) is 0 Å². The van der Waals surface area contributed by atoms with Crippen LogP contribution in [-0.4, -0.2) is 56.8 Å². The normalized spacial score (nSPS) is 13.7. The smallest absolute Gasteiger partial charge is 0.308 e. The van der Waals surface area contributed by atoms with Crippen LogP contribution in [0.4, 0.5) is 0 Å². The van der Waals surface area contributed by atoms with Crippen LogP contribution in [0.15, 0.2) is 0 Å². The summed E-state index contributed by atoms with van der Waals surface area (Å²) in [6.45, 7) is 7.26. The number of hydrogen-bond acceptors (Lipinski definition) is 5. The van der Waals surface area contributed by atoms with Crippen LogP contribution in [0.25, 0.3) is 0 Å². The van der Waals surface area contributed by atoms with Gasteiger partial charge in [-0.1, -0.05) is 20.8 Å². The monoisotopic (exact) mass is 283 g/mol. The summed E-state index contributed by atoms with van der Waals surface area (Å²) in [5, 5.41) is 20.9. The van der Waals surface area contributed by atoms with Crippen molar-refractivity contribution in [3.63, 3.8) is 0 Å². The summed E-state index contributed by atoms with van der Waals surface area (Å²) in [7, 11) is 3.96. The van der Waals surface area contributed by atoms with Crippen LogP contribution >= 0.6 is 0 Å². The second-order valence-corrected chi connectivity index (χ2v) is 6.63. The van der Waals surface area contributed by atoms with Crippen LogP contribution < -0.4 is 0 Å². The molecule has 1 unspecified atom stereocenters. The maximum Gasteiger partial charge on any atom is 0.308 e. The molecule has 1 heterocycles. The molecule has 0 radical (unpaired) electrons. The Bertz CT molecular complexity index is 436. The Balaban J connectivity index is 2.74. The molecule has 1 atom stereocenters. The van der Waals surface area contributed by atoms with Gasteiger partial charge in [-0.15, -0.1) is 5.10 Å². The summed E-state index contributed by atoms with van der Waals surface area (Å²) < 4.78 is 1.62. The first kappa shape index (κ1) is 16.6. The van der Waals surface area contributed by atoms with E-state index < -0.39 is 11.9 Å². The topological polar surface area (TPSA) is 84.1 Å². The molecule has 1 aromatic rings. The van der Waals surface area contributed by atoms with Gasteiger partial charge in [0.25, 0.3) is 0 Å². The number of tetrazole rings is 1. The van der Waals surface area contributed by atoms with Crippen molar-refractivity contribution in [2.24, 2.45) is 11.3 Å². The molecule has 0 fully saturated rings. The third kappa shape index (κ3) is 5.64. The lowest BCUT2D eigenvalue weighted by molar-refractivity contribution is -0.143. The predicted octanol–water partition coefficient (Wildman–Crippen LogP) is 0.914. The largest absolute Gasteiger partial charge is 0.481 e. The van der Waals surface area contributed by atoms with Crippen molar-refractivity contribution >= 4 is 5.97 Å². The van der Waals surface area contributed by atoms with Crippen LogP contribution in [0.2, 0.25) is 0 Å². The summed E-state index contributed by atoms with van der Waals surface area (Å²) in [4.78, 5) is 13.4. The molecule has 0 aliphatic heterocycles. The highest BCUT2D eigenvalue weighted by molar-refractivity contribution is 5.69. The van der Waals surface area contributed by atoms with Crippen molar-refractivity contribution in [1.29, 1.82) is 0 Å². The van der Waals surface area contributed by atoms with Crippen LogP contribution in [0.1, 0.15) is 33.0 Å². The Hall–Kier alpha value is -1.50. The molecule has 1 rings (SSSR count). The van der Waals surface area contributed by atoms with Gasteiger partial charge in [0.05, 0.1) is 12.5 Å². The molecule has 0 amide bonds. The highest BCUT2D eigenvalue weighted by Crippen LogP contribution is 2.25. The van der Waals surface area contributed by atoms with Crippen LogP contribution in [-0.2, 0) is 17.8 Å². The van der Waals surface area contributed by atoms with Crippen molar-refractivity contribution < 1.29 is 9.90 Å². The minimum absolute atomic E-state index is 0.0408. The fourth-order valence-corrected chi connectivity index (χ4v) is 2.05. The van der Waals surface area contributed by atoms with Gasteiger partial charge in [0.15, 0.2) is 5.82 Å². The SMILES string of the molecule is CN(C)CCc1nnnn1CC(CC(C)(C)C)C(=O)O. The van der Waals surface area contributed by atoms with Crippen LogP contribution in [0.5, 0.6) is 0 Å². The van der Waals surface area contributed by atoms with Gasteiger partial charge in [-0.25, -0.2) is 4.68 Å². The zero-order valence-corrected chi connectivity index (χ0v) is 13.0. The maximum absolute atomic E-state index is 11.4. The van der Waals surface area contributed by atoms with E-state index >= 15 is 0 Å². The van der Waals surface area contributed by atoms with E-state index in [0.717, 1.165) is 12.4 Å². The number of likely N-dealkylation sites (N-methyl/N-ethyl adjacent to an activating group) is 1. The van der Waals surface area contributed by atoms with Crippen molar-refractivity contribution in [3.05, 3.63) is 5.82 Å². The number of hydrogen-bond donors (Lipinski definition) is 1. The van der Waals surface area contributed by atoms with Gasteiger partial charge in [-0.05, 0) is 36.4 Å². The fraction of sp³-hybridized carbons (Fsp3) is 0.846. The Morgan fingerprint density at radius 2 is 2.05 bits per heavy atom. The van der Waals surface area contributed by atoms with E-state index in [-0.39, 0.29) is 5.41 Å². The van der Waals surface area contributed by atoms with Gasteiger partial charge in [0, 0.05) is 13.0 Å². The summed E-state index contributed by atoms with van der Waals surface area (Å²) in [6.07, 6.45) is 1.30. The molecule has 1 aromatic heterocycles. The number of nitrogens with zero attached hydrogens (tertiary/aromatic N) is 5. The van der Waals surface area contributed by atoms with Gasteiger partial charge >= 0.3 is 5.97 Å². The Kier molecular flexibility index (Phi) is 5.62. The average molecular weight is 283 g/mol. The van der Waals surface area contributed by atoms with E-state index in [0.29, 0.717) is 19.4 Å². The first-order chi connectivity index (χ1) is 9.19. The molecule has 0 aromatic carbocycles. The first-order valence-electron chi connectivity index (χ1n) is 6.81. The first-order valence-corrected chi connectivity index (χ1v) is 6.81. The Morgan fingerprint density at radius 3 is 2.55 bits per heavy atom. The summed E-state index contributed by atoms with van der Waals surface area (Å²) in [5.74, 6) is -0.538. The third-order valence-electron chi connectivity index (χ3n) is 2.99. The van der Waals surface area contributed by atoms with E-state index in [1.807, 2.05) is 39.8 Å². The van der Waals surface area contributed by atoms with Crippen molar-refractivity contribution in [2.45, 2.75) is 40.2 Å². The van der Waals surface area contributed by atoms with E-state index in [9.17, 15) is 9.90 Å². The van der Waals surface area contributed by atoms with E-state index in [1.54, 1.807) is 4.68 Å². The highest BCUT2D eigenvalue weighted by atomic mass is 16.4. The highest BCUT2D eigenvalue weighted by Gasteiger charge is 2.26. The molecule has 7 heteroatoms. The molecule has 1 N–H and O–H groups in total. The molecule has 7 nitrogen and oxygen atoms in total. The zero-order valence-electron chi connectivity index (χ0n) is 13.0. The van der Waals surface area contributed by atoms with Crippen LogP contribution in [0.3, 0.4) is 0 Å². The van der Waals surface area contributed by atoms with Crippen molar-refractivity contribution in [3.8, 4) is 0 Å². The standard InChI is InChI=1S/C13H25N5O2/c1-13(2,3)8-10(12(19)20)9-18-11(14-15-16-18)6-7-17(4)5/h10H,6-9H2,1-5H3,(H,19,20). The Labute approximate surface area is 120 Å². The maximum atomic E-state index is 11.4. The lowest BCUT2D eigenvalue weighted by Gasteiger charge is -2.23. The number of rotatable bonds is 7. The Morgan fingerprint density at radius 1 is 1.40 bits per heavy atom. The lowest BCUT2D eigenvalue weighted by Crippen LogP contribution is -2.27. The molecule has 0 aliphatic rings. The summed E-state index contributed by atoms with van der Waals surface area (Å²) in [6, 6.07) is 0. The van der Waals surface area contributed by atoms with Crippen LogP contribution in [0, 0.1) is 11.3 Å². The van der Waals surface area contributed by atoms with Gasteiger partial charge < -0.3 is 10.0 Å². The molecular formula is C13H25N5O2. The number of aliphatic carboxylic acids is 1. The minimum Gasteiger partial charge on any atom is -0.481 e. The van der Waals surface area contributed by atoms with E-state index in [1.165, 1.54) is 0 Å². The van der Waals surface area contributed by atoms with Crippen molar-refractivity contribution in [2.75, 3.05) is 20.6 Å². The molecule has 0 spiro atoms. The molecule has 0 saturated heterocycles. The predicted molar refractivity (Wildman–Crippen MR) is 75.3 cm³/mol. The van der Waals surface area contributed by atoms with Gasteiger partial charge in [-0.3, -0.25) is 4.79 Å². The average Bonchev–Trinajstić information content (AvgIpc) is 2.71. The zero-order chi connectivity index (χ0) is 15.3. The second kappa shape index (κ2) is 6.78. The quantitative estimate of drug-likeness (QED) is 0.801. The molecule has 20 heavy (non-hydrogen) atoms. The minimum atomic E-state index is -0.797. The molecule has 0 bridgehead atoms. The second-order valence-electron chi connectivity index (χ2n) is 6.63. The summed E-state index contributed by atoms with van der Waals surface area (Å²) >= 11 is 0. The number of carboxylic acids is 1. The molecular weight excluding hydrogens is 258 g/mol. The van der Waals surface area contributed by atoms with E-state index in [2.05, 4.69) is 15.5 Å².